The molecule has 0 unspecified atom stereocenters. The summed E-state index contributed by atoms with van der Waals surface area (Å²) in [6.45, 7) is 3.29. The lowest BCUT2D eigenvalue weighted by Gasteiger charge is -2.19. The van der Waals surface area contributed by atoms with Gasteiger partial charge in [0.1, 0.15) is 12.1 Å². The van der Waals surface area contributed by atoms with E-state index in [0.717, 1.165) is 4.90 Å². The van der Waals surface area contributed by atoms with Crippen LogP contribution in [0, 0.1) is 0 Å². The predicted octanol–water partition coefficient (Wildman–Crippen LogP) is 2.33. The van der Waals surface area contributed by atoms with E-state index < -0.39 is 23.4 Å². The van der Waals surface area contributed by atoms with Crippen molar-refractivity contribution >= 4 is 41.0 Å². The maximum atomic E-state index is 12.2. The van der Waals surface area contributed by atoms with E-state index in [4.69, 9.17) is 23.2 Å². The predicted molar refractivity (Wildman–Crippen MR) is 87.2 cm³/mol. The lowest BCUT2D eigenvalue weighted by Crippen LogP contribution is -2.44. The normalized spacial score (nSPS) is 20.6. The lowest BCUT2D eigenvalue weighted by molar-refractivity contribution is -0.134. The largest absolute Gasteiger partial charge is 0.350 e. The van der Waals surface area contributed by atoms with Crippen molar-refractivity contribution in [2.24, 2.45) is 0 Å². The van der Waals surface area contributed by atoms with E-state index in [0.29, 0.717) is 22.0 Å². The van der Waals surface area contributed by atoms with Crippen LogP contribution in [0.2, 0.25) is 10.0 Å². The molecule has 124 valence electrons. The fourth-order valence-corrected chi connectivity index (χ4v) is 2.66. The topological polar surface area (TPSA) is 78.5 Å². The van der Waals surface area contributed by atoms with Crippen LogP contribution in [0.15, 0.2) is 18.2 Å². The van der Waals surface area contributed by atoms with Crippen molar-refractivity contribution < 1.29 is 14.4 Å². The Morgan fingerprint density at radius 1 is 1.35 bits per heavy atom. The molecule has 8 heteroatoms. The van der Waals surface area contributed by atoms with Gasteiger partial charge in [0.05, 0.1) is 0 Å². The van der Waals surface area contributed by atoms with Crippen LogP contribution >= 0.6 is 23.2 Å². The van der Waals surface area contributed by atoms with E-state index in [-0.39, 0.29) is 13.1 Å². The third kappa shape index (κ3) is 3.76. The Morgan fingerprint density at radius 3 is 2.61 bits per heavy atom. The highest BCUT2D eigenvalue weighted by molar-refractivity contribution is 6.35. The Labute approximate surface area is 144 Å². The Bertz CT molecular complexity index is 665. The highest BCUT2D eigenvalue weighted by Crippen LogP contribution is 2.21. The summed E-state index contributed by atoms with van der Waals surface area (Å²) >= 11 is 11.8. The monoisotopic (exact) mass is 357 g/mol. The minimum absolute atomic E-state index is 0.184. The molecular weight excluding hydrogens is 341 g/mol. The summed E-state index contributed by atoms with van der Waals surface area (Å²) in [4.78, 5) is 36.9. The van der Waals surface area contributed by atoms with E-state index >= 15 is 0 Å². The number of nitrogens with zero attached hydrogens (tertiary/aromatic N) is 1. The van der Waals surface area contributed by atoms with Crippen molar-refractivity contribution in [3.8, 4) is 0 Å². The summed E-state index contributed by atoms with van der Waals surface area (Å²) in [5.41, 5.74) is -0.253. The highest BCUT2D eigenvalue weighted by atomic mass is 35.5. The minimum atomic E-state index is -0.948. The summed E-state index contributed by atoms with van der Waals surface area (Å²) in [7, 11) is 0. The van der Waals surface area contributed by atoms with E-state index in [1.54, 1.807) is 32.0 Å². The van der Waals surface area contributed by atoms with Gasteiger partial charge >= 0.3 is 6.03 Å². The molecule has 1 aliphatic rings. The maximum Gasteiger partial charge on any atom is 0.325 e. The molecule has 0 bridgehead atoms. The molecule has 1 aliphatic heterocycles. The minimum Gasteiger partial charge on any atom is -0.350 e. The zero-order valence-corrected chi connectivity index (χ0v) is 14.3. The van der Waals surface area contributed by atoms with Gasteiger partial charge in [-0.15, -0.1) is 0 Å². The second-order valence-electron chi connectivity index (χ2n) is 5.52. The van der Waals surface area contributed by atoms with Gasteiger partial charge in [0, 0.05) is 16.6 Å². The number of nitrogens with one attached hydrogen (secondary N) is 2. The number of rotatable bonds is 5. The number of carbonyl (C=O) groups excluding carboxylic acids is 3. The van der Waals surface area contributed by atoms with Gasteiger partial charge in [0.2, 0.25) is 5.91 Å². The van der Waals surface area contributed by atoms with Gasteiger partial charge in [-0.3, -0.25) is 14.5 Å². The van der Waals surface area contributed by atoms with Gasteiger partial charge in [-0.2, -0.15) is 0 Å². The second-order valence-corrected chi connectivity index (χ2v) is 6.36. The van der Waals surface area contributed by atoms with Crippen molar-refractivity contribution in [2.75, 3.05) is 6.54 Å². The van der Waals surface area contributed by atoms with E-state index in [1.165, 1.54) is 0 Å². The standard InChI is InChI=1S/C15H17Cl2N3O3/c1-3-15(2)13(22)20(14(23)19-15)8-12(21)18-7-9-4-5-10(16)6-11(9)17/h4-6H,3,7-8H2,1-2H3,(H,18,21)(H,19,23)/t15-/m1/s1. The van der Waals surface area contributed by atoms with Gasteiger partial charge in [0.25, 0.3) is 5.91 Å². The lowest BCUT2D eigenvalue weighted by atomic mass is 9.99. The number of benzene rings is 1. The van der Waals surface area contributed by atoms with Crippen LogP contribution in [0.25, 0.3) is 0 Å². The van der Waals surface area contributed by atoms with Crippen molar-refractivity contribution in [1.29, 1.82) is 0 Å². The molecule has 2 rings (SSSR count). The van der Waals surface area contributed by atoms with Gasteiger partial charge in [-0.1, -0.05) is 36.2 Å². The molecule has 23 heavy (non-hydrogen) atoms. The SMILES string of the molecule is CC[C@@]1(C)NC(=O)N(CC(=O)NCc2ccc(Cl)cc2Cl)C1=O. The molecule has 2 N–H and O–H groups in total. The van der Waals surface area contributed by atoms with Crippen LogP contribution in [0.3, 0.4) is 0 Å². The number of halogens is 2. The Kier molecular flexibility index (Phi) is 5.16. The number of urea groups is 1. The first-order valence-electron chi connectivity index (χ1n) is 7.11. The van der Waals surface area contributed by atoms with Gasteiger partial charge in [0.15, 0.2) is 0 Å². The first kappa shape index (κ1) is 17.6. The molecule has 1 fully saturated rings. The van der Waals surface area contributed by atoms with Gasteiger partial charge < -0.3 is 10.6 Å². The smallest absolute Gasteiger partial charge is 0.325 e. The molecule has 1 saturated heterocycles. The summed E-state index contributed by atoms with van der Waals surface area (Å²) in [5.74, 6) is -0.843. The molecule has 4 amide bonds. The zero-order valence-electron chi connectivity index (χ0n) is 12.8. The van der Waals surface area contributed by atoms with Crippen LogP contribution in [0.4, 0.5) is 4.79 Å². The summed E-state index contributed by atoms with van der Waals surface area (Å²) in [6, 6.07) is 4.39. The van der Waals surface area contributed by atoms with Crippen LogP contribution in [-0.4, -0.2) is 34.8 Å². The van der Waals surface area contributed by atoms with Gasteiger partial charge in [-0.05, 0) is 31.0 Å². The third-order valence-corrected chi connectivity index (χ3v) is 4.43. The Hall–Kier alpha value is -1.79. The number of hydrogen-bond acceptors (Lipinski definition) is 3. The van der Waals surface area contributed by atoms with Crippen molar-refractivity contribution in [3.63, 3.8) is 0 Å². The fourth-order valence-electron chi connectivity index (χ4n) is 2.19. The second kappa shape index (κ2) is 6.76. The van der Waals surface area contributed by atoms with E-state index in [1.807, 2.05) is 0 Å². The molecule has 6 nitrogen and oxygen atoms in total. The van der Waals surface area contributed by atoms with Crippen LogP contribution in [-0.2, 0) is 16.1 Å². The molecule has 0 radical (unpaired) electrons. The highest BCUT2D eigenvalue weighted by Gasteiger charge is 2.46. The fraction of sp³-hybridized carbons (Fsp3) is 0.400. The average Bonchev–Trinajstić information content (AvgIpc) is 2.70. The first-order valence-corrected chi connectivity index (χ1v) is 7.87. The number of carbonyl (C=O) groups is 3. The van der Waals surface area contributed by atoms with Crippen molar-refractivity contribution in [3.05, 3.63) is 33.8 Å². The van der Waals surface area contributed by atoms with Crippen LogP contribution in [0.5, 0.6) is 0 Å². The van der Waals surface area contributed by atoms with Gasteiger partial charge in [-0.25, -0.2) is 4.79 Å². The molecule has 1 aromatic carbocycles. The first-order chi connectivity index (χ1) is 10.8. The number of imide groups is 1. The number of hydrogen-bond donors (Lipinski definition) is 2. The number of amides is 4. The maximum absolute atomic E-state index is 12.2. The van der Waals surface area contributed by atoms with Crippen molar-refractivity contribution in [1.82, 2.24) is 15.5 Å². The average molecular weight is 358 g/mol. The molecule has 1 atom stereocenters. The van der Waals surface area contributed by atoms with E-state index in [2.05, 4.69) is 10.6 Å². The summed E-state index contributed by atoms with van der Waals surface area (Å²) in [5, 5.41) is 6.17. The molecular formula is C15H17Cl2N3O3. The Balaban J connectivity index is 1.95. The molecule has 0 aliphatic carbocycles. The molecule has 0 spiro atoms. The molecule has 0 saturated carbocycles. The zero-order chi connectivity index (χ0) is 17.2. The van der Waals surface area contributed by atoms with Crippen molar-refractivity contribution in [2.45, 2.75) is 32.4 Å². The Morgan fingerprint density at radius 2 is 2.04 bits per heavy atom. The summed E-state index contributed by atoms with van der Waals surface area (Å²) in [6.07, 6.45) is 0.454. The van der Waals surface area contributed by atoms with Crippen LogP contribution in [0.1, 0.15) is 25.8 Å². The third-order valence-electron chi connectivity index (χ3n) is 3.85. The quantitative estimate of drug-likeness (QED) is 0.793. The summed E-state index contributed by atoms with van der Waals surface area (Å²) < 4.78 is 0. The molecule has 1 aromatic rings. The molecule has 0 aromatic heterocycles. The van der Waals surface area contributed by atoms with Crippen LogP contribution < -0.4 is 10.6 Å². The molecule has 1 heterocycles. The van der Waals surface area contributed by atoms with E-state index in [9.17, 15) is 14.4 Å².